The Morgan fingerprint density at radius 1 is 0.388 bits per heavy atom. The van der Waals surface area contributed by atoms with Crippen LogP contribution in [0.15, 0.2) is 206 Å². The van der Waals surface area contributed by atoms with Crippen molar-refractivity contribution in [3.63, 3.8) is 0 Å². The van der Waals surface area contributed by atoms with Gasteiger partial charge in [-0.15, -0.1) is 0 Å². The Morgan fingerprint density at radius 3 is 1.81 bits per heavy atom. The van der Waals surface area contributed by atoms with Crippen LogP contribution in [0.5, 0.6) is 0 Å². The zero-order valence-electron chi connectivity index (χ0n) is 36.8. The molecule has 0 saturated heterocycles. The number of nitrogens with zero attached hydrogens (tertiary/aromatic N) is 6. The minimum Gasteiger partial charge on any atom is -0.309 e. The molecule has 0 saturated carbocycles. The molecule has 1 aliphatic heterocycles. The van der Waals surface area contributed by atoms with Crippen LogP contribution in [0, 0.1) is 0 Å². The zero-order valence-corrected chi connectivity index (χ0v) is 36.8. The molecule has 6 heteroatoms. The number of pyridine rings is 1. The molecule has 4 heterocycles. The highest BCUT2D eigenvalue weighted by atomic mass is 15.3. The number of hydrogen-bond acceptors (Lipinski definition) is 5. The maximum atomic E-state index is 5.48. The van der Waals surface area contributed by atoms with E-state index < -0.39 is 0 Å². The fraction of sp³-hybridized carbons (Fsp3) is 0.0492. The van der Waals surface area contributed by atoms with Gasteiger partial charge in [0, 0.05) is 49.3 Å². The summed E-state index contributed by atoms with van der Waals surface area (Å²) < 4.78 is 2.44. The van der Waals surface area contributed by atoms with Crippen molar-refractivity contribution in [2.24, 2.45) is 0 Å². The second-order valence-electron chi connectivity index (χ2n) is 18.2. The van der Waals surface area contributed by atoms with E-state index in [4.69, 9.17) is 19.9 Å². The Hall–Kier alpha value is -8.74. The van der Waals surface area contributed by atoms with E-state index in [0.29, 0.717) is 17.6 Å². The minimum absolute atomic E-state index is 0.116. The SMILES string of the molecule is CC1(C)c2ccccc2-c2cc3c4cc(-c5ccc6c(c5)-c5nc7ccccc7c7cccc(c57)N6c5nc(-c6ccccc6)nc(-c6ccccc6)n5)ccc4n(-c4ccccc4)c3cc21. The number of benzene rings is 9. The van der Waals surface area contributed by atoms with Gasteiger partial charge < -0.3 is 4.57 Å². The molecule has 6 nitrogen and oxygen atoms in total. The first kappa shape index (κ1) is 37.6. The molecule has 1 aliphatic carbocycles. The molecule has 0 spiro atoms. The van der Waals surface area contributed by atoms with Crippen LogP contribution < -0.4 is 4.90 Å². The molecule has 0 radical (unpaired) electrons. The number of fused-ring (bicyclic) bond motifs is 10. The van der Waals surface area contributed by atoms with Crippen molar-refractivity contribution in [2.75, 3.05) is 4.90 Å². The largest absolute Gasteiger partial charge is 0.309 e. The molecule has 314 valence electrons. The monoisotopic (exact) mass is 856 g/mol. The predicted octanol–water partition coefficient (Wildman–Crippen LogP) is 15.4. The van der Waals surface area contributed by atoms with Gasteiger partial charge in [0.05, 0.1) is 33.6 Å². The summed E-state index contributed by atoms with van der Waals surface area (Å²) in [5.74, 6) is 1.76. The van der Waals surface area contributed by atoms with Crippen molar-refractivity contribution in [3.8, 4) is 62.0 Å². The molecule has 0 unspecified atom stereocenters. The van der Waals surface area contributed by atoms with Crippen LogP contribution in [-0.4, -0.2) is 24.5 Å². The minimum atomic E-state index is -0.116. The van der Waals surface area contributed by atoms with Gasteiger partial charge >= 0.3 is 0 Å². The van der Waals surface area contributed by atoms with Gasteiger partial charge in [-0.05, 0) is 99.4 Å². The van der Waals surface area contributed by atoms with E-state index in [1.807, 2.05) is 36.4 Å². The summed E-state index contributed by atoms with van der Waals surface area (Å²) in [5.41, 5.74) is 17.7. The van der Waals surface area contributed by atoms with Crippen molar-refractivity contribution < 1.29 is 0 Å². The van der Waals surface area contributed by atoms with E-state index in [9.17, 15) is 0 Å². The number of hydrogen-bond donors (Lipinski definition) is 0. The van der Waals surface area contributed by atoms with Crippen molar-refractivity contribution in [3.05, 3.63) is 217 Å². The third-order valence-electron chi connectivity index (χ3n) is 14.1. The first-order valence-electron chi connectivity index (χ1n) is 22.9. The number of rotatable bonds is 5. The van der Waals surface area contributed by atoms with Crippen molar-refractivity contribution in [1.29, 1.82) is 0 Å². The lowest BCUT2D eigenvalue weighted by Crippen LogP contribution is -2.19. The molecule has 2 aliphatic rings. The lowest BCUT2D eigenvalue weighted by Gasteiger charge is -2.32. The molecular weight excluding hydrogens is 817 g/mol. The third-order valence-corrected chi connectivity index (χ3v) is 14.1. The fourth-order valence-electron chi connectivity index (χ4n) is 11.0. The van der Waals surface area contributed by atoms with E-state index in [2.05, 4.69) is 193 Å². The molecule has 67 heavy (non-hydrogen) atoms. The second kappa shape index (κ2) is 14.1. The Labute approximate surface area is 387 Å². The van der Waals surface area contributed by atoms with Gasteiger partial charge in [0.15, 0.2) is 11.6 Å². The van der Waals surface area contributed by atoms with Gasteiger partial charge in [-0.2, -0.15) is 9.97 Å². The molecule has 3 aromatic heterocycles. The highest BCUT2D eigenvalue weighted by molar-refractivity contribution is 6.20. The zero-order chi connectivity index (χ0) is 44.4. The summed E-state index contributed by atoms with van der Waals surface area (Å²) in [6.07, 6.45) is 0. The van der Waals surface area contributed by atoms with Gasteiger partial charge in [0.1, 0.15) is 0 Å². The van der Waals surface area contributed by atoms with E-state index in [0.717, 1.165) is 72.2 Å². The van der Waals surface area contributed by atoms with Crippen LogP contribution in [0.3, 0.4) is 0 Å². The highest BCUT2D eigenvalue weighted by Crippen LogP contribution is 2.53. The molecule has 14 rings (SSSR count). The second-order valence-corrected chi connectivity index (χ2v) is 18.2. The van der Waals surface area contributed by atoms with Crippen LogP contribution in [0.4, 0.5) is 17.3 Å². The van der Waals surface area contributed by atoms with Crippen LogP contribution in [0.2, 0.25) is 0 Å². The number of para-hydroxylation sites is 2. The average Bonchev–Trinajstić information content (AvgIpc) is 3.83. The number of aromatic nitrogens is 5. The van der Waals surface area contributed by atoms with Crippen molar-refractivity contribution in [2.45, 2.75) is 19.3 Å². The van der Waals surface area contributed by atoms with Crippen LogP contribution in [-0.2, 0) is 5.41 Å². The summed E-state index contributed by atoms with van der Waals surface area (Å²) in [5, 5.41) is 5.75. The normalized spacial score (nSPS) is 13.3. The molecular formula is C61H40N6. The van der Waals surface area contributed by atoms with E-state index in [-0.39, 0.29) is 5.41 Å². The quantitative estimate of drug-likeness (QED) is 0.161. The summed E-state index contributed by atoms with van der Waals surface area (Å²) in [4.78, 5) is 23.3. The Morgan fingerprint density at radius 2 is 1.03 bits per heavy atom. The van der Waals surface area contributed by atoms with Gasteiger partial charge in [0.25, 0.3) is 0 Å². The van der Waals surface area contributed by atoms with Gasteiger partial charge in [-0.1, -0.05) is 159 Å². The number of anilines is 3. The first-order valence-corrected chi connectivity index (χ1v) is 22.9. The highest BCUT2D eigenvalue weighted by Gasteiger charge is 2.36. The summed E-state index contributed by atoms with van der Waals surface area (Å²) in [7, 11) is 0. The molecule has 9 aromatic carbocycles. The lowest BCUT2D eigenvalue weighted by atomic mass is 9.82. The van der Waals surface area contributed by atoms with Gasteiger partial charge in [0.2, 0.25) is 5.95 Å². The standard InChI is InChI=1S/C61H40N6/c1-61(2)49-26-14-12-23-42(49)45-35-47-46-33-39(29-31-52(46)66(55(47)36-50(45)61)41-21-10-5-11-22-41)40-30-32-53-48(34-40)57-56-44(43-24-13-15-27-51(43)62-57)25-16-28-54(56)67(53)60-64-58(37-17-6-3-7-18-37)63-59(65-60)38-19-8-4-9-20-38/h3-36H,1-2H3. The van der Waals surface area contributed by atoms with E-state index in [1.165, 1.54) is 44.1 Å². The van der Waals surface area contributed by atoms with Crippen molar-refractivity contribution in [1.82, 2.24) is 24.5 Å². The molecule has 0 amide bonds. The van der Waals surface area contributed by atoms with Gasteiger partial charge in [-0.25, -0.2) is 9.97 Å². The summed E-state index contributed by atoms with van der Waals surface area (Å²) >= 11 is 0. The molecule has 0 atom stereocenters. The summed E-state index contributed by atoms with van der Waals surface area (Å²) in [6, 6.07) is 73.6. The maximum Gasteiger partial charge on any atom is 0.238 e. The Bertz CT molecular complexity index is 3950. The smallest absolute Gasteiger partial charge is 0.238 e. The van der Waals surface area contributed by atoms with Crippen LogP contribution in [0.1, 0.15) is 25.0 Å². The molecule has 0 fully saturated rings. The predicted molar refractivity (Wildman–Crippen MR) is 275 cm³/mol. The average molecular weight is 857 g/mol. The van der Waals surface area contributed by atoms with Crippen LogP contribution in [0.25, 0.3) is 105 Å². The van der Waals surface area contributed by atoms with E-state index >= 15 is 0 Å². The van der Waals surface area contributed by atoms with Gasteiger partial charge in [-0.3, -0.25) is 4.90 Å². The molecule has 0 bridgehead atoms. The van der Waals surface area contributed by atoms with Crippen LogP contribution >= 0.6 is 0 Å². The Kier molecular flexibility index (Phi) is 7.93. The topological polar surface area (TPSA) is 59.7 Å². The van der Waals surface area contributed by atoms with Crippen molar-refractivity contribution >= 4 is 60.8 Å². The third kappa shape index (κ3) is 5.56. The first-order chi connectivity index (χ1) is 33.0. The lowest BCUT2D eigenvalue weighted by molar-refractivity contribution is 0.661. The Balaban J connectivity index is 1.01. The summed E-state index contributed by atoms with van der Waals surface area (Å²) in [6.45, 7) is 4.71. The maximum absolute atomic E-state index is 5.48. The fourth-order valence-corrected chi connectivity index (χ4v) is 11.0. The molecule has 12 aromatic rings. The van der Waals surface area contributed by atoms with E-state index in [1.54, 1.807) is 0 Å². The molecule has 0 N–H and O–H groups in total.